The van der Waals surface area contributed by atoms with Gasteiger partial charge in [-0.05, 0) is 26.2 Å². The Hall–Kier alpha value is -1.79. The Balaban J connectivity index is 2.29. The highest BCUT2D eigenvalue weighted by molar-refractivity contribution is 5.83. The highest BCUT2D eigenvalue weighted by atomic mass is 16.4. The Morgan fingerprint density at radius 1 is 1.40 bits per heavy atom. The van der Waals surface area contributed by atoms with Gasteiger partial charge in [0.1, 0.15) is 6.04 Å². The fourth-order valence-electron chi connectivity index (χ4n) is 2.10. The molecule has 1 aliphatic rings. The quantitative estimate of drug-likeness (QED) is 0.663. The predicted molar refractivity (Wildman–Crippen MR) is 73.3 cm³/mol. The highest BCUT2D eigenvalue weighted by Crippen LogP contribution is 2.17. The first kappa shape index (κ1) is 16.3. The minimum Gasteiger partial charge on any atom is -0.480 e. The number of rotatable bonds is 6. The lowest BCUT2D eigenvalue weighted by Gasteiger charge is -2.21. The summed E-state index contributed by atoms with van der Waals surface area (Å²) >= 11 is 0. The Morgan fingerprint density at radius 2 is 2.10 bits per heavy atom. The summed E-state index contributed by atoms with van der Waals surface area (Å²) in [7, 11) is 0. The van der Waals surface area contributed by atoms with Crippen LogP contribution in [0.2, 0.25) is 0 Å². The number of hydrogen-bond acceptors (Lipinski definition) is 3. The van der Waals surface area contributed by atoms with Gasteiger partial charge < -0.3 is 20.6 Å². The molecule has 114 valence electrons. The fraction of sp³-hybridized carbons (Fsp3) is 0.769. The number of carbonyl (C=O) groups is 3. The number of hydrogen-bond donors (Lipinski definition) is 3. The van der Waals surface area contributed by atoms with Crippen LogP contribution in [0.1, 0.15) is 39.5 Å². The van der Waals surface area contributed by atoms with Gasteiger partial charge >= 0.3 is 12.0 Å². The summed E-state index contributed by atoms with van der Waals surface area (Å²) in [6, 6.07) is -1.04. The molecule has 0 aromatic heterocycles. The van der Waals surface area contributed by atoms with Gasteiger partial charge in [-0.25, -0.2) is 9.59 Å². The molecule has 0 aliphatic carbocycles. The number of nitrogens with one attached hydrogen (secondary N) is 2. The second kappa shape index (κ2) is 7.72. The third-order valence-corrected chi connectivity index (χ3v) is 3.45. The number of likely N-dealkylation sites (tertiary alicyclic amines) is 1. The SMILES string of the molecule is CCC(C)NC(=O)CCNC(=O)N1CCCC1C(=O)O. The Morgan fingerprint density at radius 3 is 2.70 bits per heavy atom. The second-order valence-electron chi connectivity index (χ2n) is 5.05. The van der Waals surface area contributed by atoms with Crippen molar-refractivity contribution >= 4 is 17.9 Å². The maximum absolute atomic E-state index is 11.8. The largest absolute Gasteiger partial charge is 0.480 e. The zero-order valence-corrected chi connectivity index (χ0v) is 12.0. The maximum Gasteiger partial charge on any atom is 0.326 e. The molecule has 0 aromatic rings. The predicted octanol–water partition coefficient (Wildman–Crippen LogP) is 0.550. The van der Waals surface area contributed by atoms with Crippen LogP contribution in [0.4, 0.5) is 4.79 Å². The fourth-order valence-corrected chi connectivity index (χ4v) is 2.10. The van der Waals surface area contributed by atoms with Gasteiger partial charge in [-0.1, -0.05) is 6.92 Å². The zero-order chi connectivity index (χ0) is 15.1. The number of carbonyl (C=O) groups excluding carboxylic acids is 2. The smallest absolute Gasteiger partial charge is 0.326 e. The van der Waals surface area contributed by atoms with Crippen LogP contribution in [-0.4, -0.2) is 53.1 Å². The van der Waals surface area contributed by atoms with Gasteiger partial charge in [0.15, 0.2) is 0 Å². The monoisotopic (exact) mass is 285 g/mol. The number of aliphatic carboxylic acids is 1. The number of carboxylic acid groups (broad SMARTS) is 1. The molecule has 1 heterocycles. The van der Waals surface area contributed by atoms with E-state index >= 15 is 0 Å². The summed E-state index contributed by atoms with van der Waals surface area (Å²) in [5, 5.41) is 14.4. The average Bonchev–Trinajstić information content (AvgIpc) is 2.87. The molecule has 1 fully saturated rings. The van der Waals surface area contributed by atoms with Crippen molar-refractivity contribution in [3.63, 3.8) is 0 Å². The van der Waals surface area contributed by atoms with Gasteiger partial charge in [0.25, 0.3) is 0 Å². The molecule has 20 heavy (non-hydrogen) atoms. The van der Waals surface area contributed by atoms with Crippen molar-refractivity contribution in [2.24, 2.45) is 0 Å². The number of nitrogens with zero attached hydrogens (tertiary/aromatic N) is 1. The Kier molecular flexibility index (Phi) is 6.27. The zero-order valence-electron chi connectivity index (χ0n) is 12.0. The van der Waals surface area contributed by atoms with Gasteiger partial charge in [0, 0.05) is 25.6 Å². The van der Waals surface area contributed by atoms with E-state index in [0.29, 0.717) is 19.4 Å². The lowest BCUT2D eigenvalue weighted by atomic mass is 10.2. The molecule has 1 rings (SSSR count). The molecular formula is C13H23N3O4. The molecular weight excluding hydrogens is 262 g/mol. The van der Waals surface area contributed by atoms with Crippen LogP contribution >= 0.6 is 0 Å². The first-order valence-electron chi connectivity index (χ1n) is 7.02. The van der Waals surface area contributed by atoms with Crippen molar-refractivity contribution in [1.82, 2.24) is 15.5 Å². The highest BCUT2D eigenvalue weighted by Gasteiger charge is 2.33. The van der Waals surface area contributed by atoms with Gasteiger partial charge in [-0.15, -0.1) is 0 Å². The molecule has 2 atom stereocenters. The lowest BCUT2D eigenvalue weighted by molar-refractivity contribution is -0.141. The average molecular weight is 285 g/mol. The Bertz CT molecular complexity index is 373. The van der Waals surface area contributed by atoms with Crippen molar-refractivity contribution in [3.8, 4) is 0 Å². The van der Waals surface area contributed by atoms with Crippen LogP contribution in [0.3, 0.4) is 0 Å². The van der Waals surface area contributed by atoms with E-state index in [1.165, 1.54) is 4.90 Å². The maximum atomic E-state index is 11.8. The topological polar surface area (TPSA) is 98.7 Å². The van der Waals surface area contributed by atoms with E-state index in [9.17, 15) is 14.4 Å². The van der Waals surface area contributed by atoms with Crippen molar-refractivity contribution in [3.05, 3.63) is 0 Å². The molecule has 3 amide bonds. The number of urea groups is 1. The van der Waals surface area contributed by atoms with E-state index < -0.39 is 18.0 Å². The van der Waals surface area contributed by atoms with Gasteiger partial charge in [0.2, 0.25) is 5.91 Å². The normalized spacial score (nSPS) is 19.5. The van der Waals surface area contributed by atoms with Gasteiger partial charge in [0.05, 0.1) is 0 Å². The summed E-state index contributed by atoms with van der Waals surface area (Å²) in [6.07, 6.45) is 2.23. The molecule has 0 bridgehead atoms. The minimum atomic E-state index is -0.979. The van der Waals surface area contributed by atoms with Crippen LogP contribution in [-0.2, 0) is 9.59 Å². The molecule has 0 spiro atoms. The van der Waals surface area contributed by atoms with E-state index in [1.54, 1.807) is 0 Å². The van der Waals surface area contributed by atoms with E-state index in [1.807, 2.05) is 13.8 Å². The molecule has 0 aromatic carbocycles. The molecule has 0 radical (unpaired) electrons. The van der Waals surface area contributed by atoms with Crippen LogP contribution < -0.4 is 10.6 Å². The second-order valence-corrected chi connectivity index (χ2v) is 5.05. The van der Waals surface area contributed by atoms with Crippen molar-refractivity contribution in [2.75, 3.05) is 13.1 Å². The van der Waals surface area contributed by atoms with E-state index in [-0.39, 0.29) is 24.9 Å². The van der Waals surface area contributed by atoms with Crippen LogP contribution in [0, 0.1) is 0 Å². The van der Waals surface area contributed by atoms with E-state index in [0.717, 1.165) is 6.42 Å². The Labute approximate surface area is 118 Å². The molecule has 1 aliphatic heterocycles. The molecule has 3 N–H and O–H groups in total. The standard InChI is InChI=1S/C13H23N3O4/c1-3-9(2)15-11(17)6-7-14-13(20)16-8-4-5-10(16)12(18)19/h9-10H,3-8H2,1-2H3,(H,14,20)(H,15,17)(H,18,19). The van der Waals surface area contributed by atoms with Crippen LogP contribution in [0.5, 0.6) is 0 Å². The summed E-state index contributed by atoms with van der Waals surface area (Å²) in [6.45, 7) is 4.55. The third kappa shape index (κ3) is 4.71. The number of carboxylic acids is 1. The van der Waals surface area contributed by atoms with E-state index in [2.05, 4.69) is 10.6 Å². The van der Waals surface area contributed by atoms with Crippen molar-refractivity contribution in [2.45, 2.75) is 51.6 Å². The van der Waals surface area contributed by atoms with Gasteiger partial charge in [-0.3, -0.25) is 4.79 Å². The van der Waals surface area contributed by atoms with E-state index in [4.69, 9.17) is 5.11 Å². The first-order valence-corrected chi connectivity index (χ1v) is 7.02. The van der Waals surface area contributed by atoms with Crippen molar-refractivity contribution in [1.29, 1.82) is 0 Å². The first-order chi connectivity index (χ1) is 9.45. The summed E-state index contributed by atoms with van der Waals surface area (Å²) in [5.74, 6) is -1.09. The molecule has 0 saturated carbocycles. The molecule has 7 nitrogen and oxygen atoms in total. The summed E-state index contributed by atoms with van der Waals surface area (Å²) < 4.78 is 0. The lowest BCUT2D eigenvalue weighted by Crippen LogP contribution is -2.46. The molecule has 7 heteroatoms. The summed E-state index contributed by atoms with van der Waals surface area (Å²) in [5.41, 5.74) is 0. The van der Waals surface area contributed by atoms with Gasteiger partial charge in [-0.2, -0.15) is 0 Å². The number of amides is 3. The molecule has 1 saturated heterocycles. The van der Waals surface area contributed by atoms with Crippen LogP contribution in [0.25, 0.3) is 0 Å². The molecule has 2 unspecified atom stereocenters. The summed E-state index contributed by atoms with van der Waals surface area (Å²) in [4.78, 5) is 35.6. The van der Waals surface area contributed by atoms with Crippen LogP contribution in [0.15, 0.2) is 0 Å². The third-order valence-electron chi connectivity index (χ3n) is 3.45. The van der Waals surface area contributed by atoms with Crippen molar-refractivity contribution < 1.29 is 19.5 Å². The minimum absolute atomic E-state index is 0.115.